The molecule has 4 aromatic rings. The highest BCUT2D eigenvalue weighted by Crippen LogP contribution is 2.32. The van der Waals surface area contributed by atoms with Crippen LogP contribution in [0, 0.1) is 6.92 Å². The lowest BCUT2D eigenvalue weighted by molar-refractivity contribution is -0.0512. The minimum absolute atomic E-state index is 0.0611. The molecule has 3 aromatic heterocycles. The first kappa shape index (κ1) is 22.3. The number of carbonyl (C=O) groups excluding carboxylic acids is 1. The van der Waals surface area contributed by atoms with Crippen molar-refractivity contribution in [1.29, 1.82) is 0 Å². The lowest BCUT2D eigenvalue weighted by Crippen LogP contribution is -2.08. The van der Waals surface area contributed by atoms with Crippen molar-refractivity contribution in [1.82, 2.24) is 15.1 Å². The Balaban J connectivity index is 1.42. The Bertz CT molecular complexity index is 1260. The third-order valence-electron chi connectivity index (χ3n) is 4.51. The van der Waals surface area contributed by atoms with Gasteiger partial charge in [-0.1, -0.05) is 11.2 Å². The van der Waals surface area contributed by atoms with Crippen LogP contribution >= 0.6 is 11.3 Å². The smallest absolute Gasteiger partial charge is 0.387 e. The van der Waals surface area contributed by atoms with Crippen molar-refractivity contribution in [3.8, 4) is 33.5 Å². The number of esters is 1. The first-order chi connectivity index (χ1) is 15.9. The normalized spacial score (nSPS) is 10.9. The Kier molecular flexibility index (Phi) is 6.59. The fraction of sp³-hybridized carbons (Fsp3) is 0.182. The van der Waals surface area contributed by atoms with Crippen LogP contribution in [-0.4, -0.2) is 34.8 Å². The number of carbonyl (C=O) groups is 1. The summed E-state index contributed by atoms with van der Waals surface area (Å²) in [6, 6.07) is 11.5. The van der Waals surface area contributed by atoms with Gasteiger partial charge >= 0.3 is 12.6 Å². The van der Waals surface area contributed by atoms with Gasteiger partial charge in [0, 0.05) is 5.56 Å². The van der Waals surface area contributed by atoms with Gasteiger partial charge in [-0.25, -0.2) is 4.79 Å². The van der Waals surface area contributed by atoms with Gasteiger partial charge in [0.05, 0.1) is 28.9 Å². The van der Waals surface area contributed by atoms with Gasteiger partial charge in [-0.15, -0.1) is 11.3 Å². The maximum absolute atomic E-state index is 12.5. The second kappa shape index (κ2) is 9.74. The molecule has 0 aliphatic heterocycles. The fourth-order valence-electron chi connectivity index (χ4n) is 2.97. The van der Waals surface area contributed by atoms with E-state index in [1.165, 1.54) is 25.3 Å². The molecule has 11 heteroatoms. The zero-order chi connectivity index (χ0) is 23.4. The minimum Gasteiger partial charge on any atom is -0.493 e. The lowest BCUT2D eigenvalue weighted by atomic mass is 10.2. The molecule has 0 saturated heterocycles. The van der Waals surface area contributed by atoms with Crippen LogP contribution in [0.15, 0.2) is 52.4 Å². The van der Waals surface area contributed by atoms with E-state index >= 15 is 0 Å². The summed E-state index contributed by atoms with van der Waals surface area (Å²) in [5.41, 5.74) is 2.09. The van der Waals surface area contributed by atoms with E-state index in [0.29, 0.717) is 16.8 Å². The third-order valence-corrected chi connectivity index (χ3v) is 5.40. The molecule has 0 amide bonds. The molecule has 0 atom stereocenters. The van der Waals surface area contributed by atoms with E-state index in [2.05, 4.69) is 19.9 Å². The summed E-state index contributed by atoms with van der Waals surface area (Å²) in [5.74, 6) is -0.387. The van der Waals surface area contributed by atoms with Crippen LogP contribution in [0.3, 0.4) is 0 Å². The van der Waals surface area contributed by atoms with E-state index in [-0.39, 0.29) is 29.8 Å². The maximum atomic E-state index is 12.5. The predicted octanol–water partition coefficient (Wildman–Crippen LogP) is 5.14. The minimum atomic E-state index is -2.98. The molecule has 0 unspecified atom stereocenters. The molecule has 8 nitrogen and oxygen atoms in total. The number of hydrogen-bond donors (Lipinski definition) is 0. The van der Waals surface area contributed by atoms with E-state index in [0.717, 1.165) is 10.6 Å². The van der Waals surface area contributed by atoms with Gasteiger partial charge in [-0.2, -0.15) is 13.8 Å². The molecule has 0 saturated carbocycles. The van der Waals surface area contributed by atoms with Crippen molar-refractivity contribution in [2.45, 2.75) is 20.1 Å². The van der Waals surface area contributed by atoms with Crippen LogP contribution in [0.25, 0.3) is 22.0 Å². The quantitative estimate of drug-likeness (QED) is 0.325. The Morgan fingerprint density at radius 1 is 1.15 bits per heavy atom. The number of nitrogens with zero attached hydrogens (tertiary/aromatic N) is 3. The van der Waals surface area contributed by atoms with E-state index < -0.39 is 12.6 Å². The highest BCUT2D eigenvalue weighted by molar-refractivity contribution is 7.13. The number of halogens is 2. The molecule has 3 heterocycles. The van der Waals surface area contributed by atoms with Crippen molar-refractivity contribution >= 4 is 17.3 Å². The van der Waals surface area contributed by atoms with Crippen LogP contribution in [-0.2, 0) is 11.3 Å². The standard InChI is InChI=1S/C22H17F2N3O5S/c1-12-14(6-7-15(25-12)18-4-3-9-33-18)21(28)30-11-19-26-20(27-32-19)13-5-8-16(31-22(23)24)17(10-13)29-2/h3-10,22H,11H2,1-2H3. The van der Waals surface area contributed by atoms with E-state index in [1.54, 1.807) is 30.4 Å². The first-order valence-electron chi connectivity index (χ1n) is 9.59. The molecule has 0 N–H and O–H groups in total. The predicted molar refractivity (Wildman–Crippen MR) is 114 cm³/mol. The second-order valence-electron chi connectivity index (χ2n) is 6.64. The molecule has 0 radical (unpaired) electrons. The summed E-state index contributed by atoms with van der Waals surface area (Å²) in [5, 5.41) is 5.78. The van der Waals surface area contributed by atoms with Crippen molar-refractivity contribution in [3.05, 3.63) is 65.0 Å². The van der Waals surface area contributed by atoms with Crippen molar-refractivity contribution in [3.63, 3.8) is 0 Å². The Hall–Kier alpha value is -3.86. The molecule has 0 aliphatic carbocycles. The number of aryl methyl sites for hydroxylation is 1. The SMILES string of the molecule is COc1cc(-c2noc(COC(=O)c3ccc(-c4cccs4)nc3C)n2)ccc1OC(F)F. The average Bonchev–Trinajstić information content (AvgIpc) is 3.50. The summed E-state index contributed by atoms with van der Waals surface area (Å²) in [4.78, 5) is 22.1. The molecular formula is C22H17F2N3O5S. The van der Waals surface area contributed by atoms with Gasteiger partial charge in [0.2, 0.25) is 5.82 Å². The number of methoxy groups -OCH3 is 1. The number of aromatic nitrogens is 3. The third kappa shape index (κ3) is 5.14. The Labute approximate surface area is 190 Å². The van der Waals surface area contributed by atoms with Crippen LogP contribution in [0.5, 0.6) is 11.5 Å². The van der Waals surface area contributed by atoms with Gasteiger partial charge in [0.25, 0.3) is 5.89 Å². The van der Waals surface area contributed by atoms with Gasteiger partial charge in [-0.05, 0) is 48.7 Å². The molecule has 0 aliphatic rings. The second-order valence-corrected chi connectivity index (χ2v) is 7.59. The zero-order valence-electron chi connectivity index (χ0n) is 17.5. The summed E-state index contributed by atoms with van der Waals surface area (Å²) in [7, 11) is 1.32. The summed E-state index contributed by atoms with van der Waals surface area (Å²) in [6.07, 6.45) is 0. The molecule has 1 aromatic carbocycles. The number of hydrogen-bond acceptors (Lipinski definition) is 9. The molecule has 0 bridgehead atoms. The molecular weight excluding hydrogens is 456 g/mol. The highest BCUT2D eigenvalue weighted by Gasteiger charge is 2.17. The van der Waals surface area contributed by atoms with Crippen molar-refractivity contribution < 1.29 is 32.3 Å². The summed E-state index contributed by atoms with van der Waals surface area (Å²) in [6.45, 7) is -1.50. The van der Waals surface area contributed by atoms with E-state index in [9.17, 15) is 13.6 Å². The van der Waals surface area contributed by atoms with Gasteiger partial charge < -0.3 is 18.7 Å². The van der Waals surface area contributed by atoms with Crippen LogP contribution in [0.1, 0.15) is 21.9 Å². The highest BCUT2D eigenvalue weighted by atomic mass is 32.1. The first-order valence-corrected chi connectivity index (χ1v) is 10.5. The molecule has 0 fully saturated rings. The Morgan fingerprint density at radius 2 is 2.00 bits per heavy atom. The maximum Gasteiger partial charge on any atom is 0.387 e. The lowest BCUT2D eigenvalue weighted by Gasteiger charge is -2.10. The number of rotatable bonds is 8. The number of pyridine rings is 1. The van der Waals surface area contributed by atoms with E-state index in [1.807, 2.05) is 17.5 Å². The zero-order valence-corrected chi connectivity index (χ0v) is 18.3. The monoisotopic (exact) mass is 473 g/mol. The van der Waals surface area contributed by atoms with Crippen molar-refractivity contribution in [2.24, 2.45) is 0 Å². The number of ether oxygens (including phenoxy) is 3. The molecule has 170 valence electrons. The fourth-order valence-corrected chi connectivity index (χ4v) is 3.67. The number of thiophene rings is 1. The van der Waals surface area contributed by atoms with Gasteiger partial charge in [-0.3, -0.25) is 4.98 Å². The number of alkyl halides is 2. The molecule has 4 rings (SSSR count). The summed E-state index contributed by atoms with van der Waals surface area (Å²) < 4.78 is 44.8. The van der Waals surface area contributed by atoms with E-state index in [4.69, 9.17) is 14.0 Å². The van der Waals surface area contributed by atoms with Crippen molar-refractivity contribution in [2.75, 3.05) is 7.11 Å². The van der Waals surface area contributed by atoms with Crippen LogP contribution in [0.2, 0.25) is 0 Å². The molecule has 33 heavy (non-hydrogen) atoms. The van der Waals surface area contributed by atoms with Crippen LogP contribution in [0.4, 0.5) is 8.78 Å². The Morgan fingerprint density at radius 3 is 2.70 bits per heavy atom. The van der Waals surface area contributed by atoms with Gasteiger partial charge in [0.15, 0.2) is 18.1 Å². The average molecular weight is 473 g/mol. The largest absolute Gasteiger partial charge is 0.493 e. The number of benzene rings is 1. The van der Waals surface area contributed by atoms with Crippen LogP contribution < -0.4 is 9.47 Å². The molecule has 0 spiro atoms. The van der Waals surface area contributed by atoms with Gasteiger partial charge in [0.1, 0.15) is 0 Å². The summed E-state index contributed by atoms with van der Waals surface area (Å²) >= 11 is 1.56. The topological polar surface area (TPSA) is 96.6 Å².